The lowest BCUT2D eigenvalue weighted by atomic mass is 9.91. The molecule has 1 fully saturated rings. The predicted octanol–water partition coefficient (Wildman–Crippen LogP) is 4.71. The number of hydrogen-bond acceptors (Lipinski definition) is 6. The molecule has 2 aliphatic heterocycles. The van der Waals surface area contributed by atoms with Gasteiger partial charge >= 0.3 is 0 Å². The summed E-state index contributed by atoms with van der Waals surface area (Å²) in [4.78, 5) is 20.5. The third kappa shape index (κ3) is 3.91. The zero-order valence-corrected chi connectivity index (χ0v) is 19.8. The van der Waals surface area contributed by atoms with Crippen LogP contribution in [-0.4, -0.2) is 52.8 Å². The maximum Gasteiger partial charge on any atom is 0.127 e. The summed E-state index contributed by atoms with van der Waals surface area (Å²) in [6.07, 6.45) is 6.38. The van der Waals surface area contributed by atoms with Crippen molar-refractivity contribution in [3.8, 4) is 11.4 Å². The topological polar surface area (TPSA) is 63.0 Å². The second-order valence-corrected chi connectivity index (χ2v) is 9.60. The van der Waals surface area contributed by atoms with Gasteiger partial charge in [-0.2, -0.15) is 0 Å². The van der Waals surface area contributed by atoms with Crippen LogP contribution in [0.15, 0.2) is 48.2 Å². The van der Waals surface area contributed by atoms with E-state index in [2.05, 4.69) is 51.1 Å². The maximum absolute atomic E-state index is 11.4. The summed E-state index contributed by atoms with van der Waals surface area (Å²) in [7, 11) is 0. The molecule has 33 heavy (non-hydrogen) atoms. The summed E-state index contributed by atoms with van der Waals surface area (Å²) >= 11 is 0. The molecule has 7 heteroatoms. The van der Waals surface area contributed by atoms with E-state index in [-0.39, 0.29) is 5.60 Å². The Balaban J connectivity index is 1.23. The van der Waals surface area contributed by atoms with Crippen molar-refractivity contribution in [1.82, 2.24) is 14.5 Å². The van der Waals surface area contributed by atoms with E-state index in [1.54, 1.807) is 6.20 Å². The van der Waals surface area contributed by atoms with Crippen LogP contribution in [0.2, 0.25) is 0 Å². The number of rotatable bonds is 5. The third-order valence-corrected chi connectivity index (χ3v) is 7.28. The van der Waals surface area contributed by atoms with Crippen molar-refractivity contribution in [2.45, 2.75) is 39.7 Å². The van der Waals surface area contributed by atoms with Crippen molar-refractivity contribution in [3.05, 3.63) is 70.1 Å². The van der Waals surface area contributed by atoms with Crippen molar-refractivity contribution < 1.29 is 4.74 Å². The van der Waals surface area contributed by atoms with Gasteiger partial charge < -0.3 is 14.2 Å². The summed E-state index contributed by atoms with van der Waals surface area (Å²) in [6, 6.07) is 8.66. The van der Waals surface area contributed by atoms with Crippen LogP contribution in [0, 0.1) is 25.7 Å². The van der Waals surface area contributed by atoms with Crippen LogP contribution in [-0.2, 0) is 6.42 Å². The quantitative estimate of drug-likeness (QED) is 0.532. The van der Waals surface area contributed by atoms with Gasteiger partial charge in [0.05, 0.1) is 6.33 Å². The number of aromatic nitrogens is 2. The summed E-state index contributed by atoms with van der Waals surface area (Å²) in [5.74, 6) is 0.955. The highest BCUT2D eigenvalue weighted by Crippen LogP contribution is 2.45. The molecule has 2 aromatic carbocycles. The van der Waals surface area contributed by atoms with Gasteiger partial charge in [-0.25, -0.2) is 4.98 Å². The Morgan fingerprint density at radius 3 is 2.33 bits per heavy atom. The summed E-state index contributed by atoms with van der Waals surface area (Å²) < 4.78 is 8.56. The van der Waals surface area contributed by atoms with Gasteiger partial charge in [-0.15, -0.1) is 4.91 Å². The Bertz CT molecular complexity index is 1160. The Kier molecular flexibility index (Phi) is 5.44. The number of nitroso groups, excluding NO2 is 1. The van der Waals surface area contributed by atoms with Gasteiger partial charge in [0.1, 0.15) is 17.0 Å². The standard InChI is InChI=1S/C26H31N5O2/c1-18-19(2)25-23(20(3)24(18)28-32)15-26(4,33-25)16-29-11-13-30(14-12-29)21-5-7-22(8-6-21)31-10-9-27-17-31/h5-10,17H,11-16H2,1-4H3. The molecule has 1 saturated heterocycles. The molecule has 0 bridgehead atoms. The minimum absolute atomic E-state index is 0.291. The fourth-order valence-corrected chi connectivity index (χ4v) is 5.29. The molecule has 3 aromatic rings. The van der Waals surface area contributed by atoms with Crippen LogP contribution in [0.4, 0.5) is 11.4 Å². The van der Waals surface area contributed by atoms with Crippen LogP contribution in [0.3, 0.4) is 0 Å². The second kappa shape index (κ2) is 8.30. The van der Waals surface area contributed by atoms with Gasteiger partial charge in [0.15, 0.2) is 0 Å². The number of ether oxygens (including phenoxy) is 1. The smallest absolute Gasteiger partial charge is 0.127 e. The first-order valence-electron chi connectivity index (χ1n) is 11.6. The molecule has 0 N–H and O–H groups in total. The van der Waals surface area contributed by atoms with E-state index in [1.165, 1.54) is 5.69 Å². The molecule has 0 saturated carbocycles. The van der Waals surface area contributed by atoms with Gasteiger partial charge in [0, 0.05) is 68.5 Å². The molecule has 172 valence electrons. The van der Waals surface area contributed by atoms with Crippen LogP contribution < -0.4 is 9.64 Å². The van der Waals surface area contributed by atoms with E-state index in [9.17, 15) is 4.91 Å². The van der Waals surface area contributed by atoms with E-state index in [4.69, 9.17) is 4.74 Å². The monoisotopic (exact) mass is 445 g/mol. The zero-order chi connectivity index (χ0) is 23.2. The molecule has 3 heterocycles. The summed E-state index contributed by atoms with van der Waals surface area (Å²) in [5, 5.41) is 3.30. The van der Waals surface area contributed by atoms with E-state index in [1.807, 2.05) is 37.9 Å². The number of benzene rings is 2. The van der Waals surface area contributed by atoms with Crippen LogP contribution in [0.5, 0.6) is 5.75 Å². The minimum atomic E-state index is -0.291. The molecule has 0 spiro atoms. The van der Waals surface area contributed by atoms with Gasteiger partial charge in [-0.3, -0.25) is 4.90 Å². The molecule has 2 aliphatic rings. The number of hydrogen-bond donors (Lipinski definition) is 0. The molecular weight excluding hydrogens is 414 g/mol. The molecule has 5 rings (SSSR count). The van der Waals surface area contributed by atoms with E-state index in [0.717, 1.165) is 72.8 Å². The summed E-state index contributed by atoms with van der Waals surface area (Å²) in [6.45, 7) is 13.0. The van der Waals surface area contributed by atoms with Gasteiger partial charge in [0.25, 0.3) is 0 Å². The first kappa shape index (κ1) is 21.6. The zero-order valence-electron chi connectivity index (χ0n) is 19.8. The molecular formula is C26H31N5O2. The van der Waals surface area contributed by atoms with E-state index in [0.29, 0.717) is 5.69 Å². The lowest BCUT2D eigenvalue weighted by molar-refractivity contribution is 0.0604. The fourth-order valence-electron chi connectivity index (χ4n) is 5.29. The van der Waals surface area contributed by atoms with Crippen molar-refractivity contribution in [2.24, 2.45) is 5.18 Å². The van der Waals surface area contributed by atoms with Crippen LogP contribution in [0.1, 0.15) is 29.2 Å². The van der Waals surface area contributed by atoms with Crippen LogP contribution >= 0.6 is 0 Å². The largest absolute Gasteiger partial charge is 0.485 e. The summed E-state index contributed by atoms with van der Waals surface area (Å²) in [5.41, 5.74) is 6.74. The highest BCUT2D eigenvalue weighted by Gasteiger charge is 2.40. The fraction of sp³-hybridized carbons (Fsp3) is 0.423. The Morgan fingerprint density at radius 1 is 1.00 bits per heavy atom. The van der Waals surface area contributed by atoms with Gasteiger partial charge in [0.2, 0.25) is 0 Å². The SMILES string of the molecule is Cc1c(C)c2c(c(C)c1N=O)CC(C)(CN1CCN(c3ccc(-n4ccnc4)cc3)CC1)O2. The highest BCUT2D eigenvalue weighted by molar-refractivity contribution is 5.66. The van der Waals surface area contributed by atoms with Crippen molar-refractivity contribution in [1.29, 1.82) is 0 Å². The predicted molar refractivity (Wildman–Crippen MR) is 131 cm³/mol. The van der Waals surface area contributed by atoms with Crippen LogP contribution in [0.25, 0.3) is 5.69 Å². The Morgan fingerprint density at radius 2 is 1.70 bits per heavy atom. The first-order chi connectivity index (χ1) is 15.9. The number of fused-ring (bicyclic) bond motifs is 1. The number of anilines is 1. The second-order valence-electron chi connectivity index (χ2n) is 9.60. The maximum atomic E-state index is 11.4. The Labute approximate surface area is 195 Å². The number of imidazole rings is 1. The van der Waals surface area contributed by atoms with Crippen molar-refractivity contribution in [3.63, 3.8) is 0 Å². The Hall–Kier alpha value is -3.19. The lowest BCUT2D eigenvalue weighted by Gasteiger charge is -2.39. The normalized spacial score (nSPS) is 20.5. The lowest BCUT2D eigenvalue weighted by Crippen LogP contribution is -2.52. The molecule has 1 unspecified atom stereocenters. The minimum Gasteiger partial charge on any atom is -0.485 e. The molecule has 7 nitrogen and oxygen atoms in total. The molecule has 0 radical (unpaired) electrons. The third-order valence-electron chi connectivity index (χ3n) is 7.28. The van der Waals surface area contributed by atoms with Crippen molar-refractivity contribution >= 4 is 11.4 Å². The number of nitrogens with zero attached hydrogens (tertiary/aromatic N) is 5. The number of piperazine rings is 1. The average molecular weight is 446 g/mol. The van der Waals surface area contributed by atoms with Crippen molar-refractivity contribution in [2.75, 3.05) is 37.6 Å². The molecule has 1 atom stereocenters. The average Bonchev–Trinajstić information content (AvgIpc) is 3.47. The van der Waals surface area contributed by atoms with Gasteiger partial charge in [-0.1, -0.05) is 0 Å². The molecule has 0 amide bonds. The van der Waals surface area contributed by atoms with E-state index >= 15 is 0 Å². The van der Waals surface area contributed by atoms with E-state index < -0.39 is 0 Å². The molecule has 1 aromatic heterocycles. The van der Waals surface area contributed by atoms with Gasteiger partial charge in [-0.05, 0) is 73.8 Å². The highest BCUT2D eigenvalue weighted by atomic mass is 16.5. The first-order valence-corrected chi connectivity index (χ1v) is 11.6. The molecule has 0 aliphatic carbocycles.